The lowest BCUT2D eigenvalue weighted by Crippen LogP contribution is -1.76. The van der Waals surface area contributed by atoms with Crippen molar-refractivity contribution in [2.45, 2.75) is 92.9 Å². The Labute approximate surface area is 119 Å². The summed E-state index contributed by atoms with van der Waals surface area (Å²) >= 11 is 0. The normalized spacial score (nSPS) is 7.44. The zero-order chi connectivity index (χ0) is 15.1. The SMILES string of the molecule is C=CC.C=CCCCCCCCC.CC.CCC. The number of allylic oxidation sites excluding steroid dienone is 2. The standard InChI is InChI=1S/C10H20.C3H8.C3H6.C2H6/c1-3-5-7-9-10-8-6-4-2;2*1-3-2;1-2/h3H,1,4-10H2,2H3;3H2,1-2H3;3H,1H2,2H3;1-2H3. The van der Waals surface area contributed by atoms with Gasteiger partial charge in [0, 0.05) is 0 Å². The molecule has 0 nitrogen and oxygen atoms in total. The Bertz CT molecular complexity index is 103. The topological polar surface area (TPSA) is 0 Å². The van der Waals surface area contributed by atoms with E-state index >= 15 is 0 Å². The molecule has 0 spiro atoms. The first-order chi connectivity index (χ1) is 8.74. The highest BCUT2D eigenvalue weighted by atomic mass is 13.9. The van der Waals surface area contributed by atoms with Gasteiger partial charge in [-0.15, -0.1) is 13.2 Å². The Morgan fingerprint density at radius 3 is 1.44 bits per heavy atom. The van der Waals surface area contributed by atoms with Crippen LogP contribution in [-0.4, -0.2) is 0 Å². The van der Waals surface area contributed by atoms with Gasteiger partial charge in [0.25, 0.3) is 0 Å². The lowest BCUT2D eigenvalue weighted by atomic mass is 10.1. The fourth-order valence-electron chi connectivity index (χ4n) is 1.07. The first-order valence-corrected chi connectivity index (χ1v) is 7.92. The van der Waals surface area contributed by atoms with Crippen LogP contribution >= 0.6 is 0 Å². The molecule has 0 radical (unpaired) electrons. The summed E-state index contributed by atoms with van der Waals surface area (Å²) in [5.74, 6) is 0. The third-order valence-corrected chi connectivity index (χ3v) is 1.76. The first kappa shape index (κ1) is 26.1. The van der Waals surface area contributed by atoms with Crippen LogP contribution < -0.4 is 0 Å². The molecule has 0 aromatic rings. The number of hydrogen-bond donors (Lipinski definition) is 0. The molecule has 0 aliphatic rings. The van der Waals surface area contributed by atoms with E-state index in [0.29, 0.717) is 0 Å². The van der Waals surface area contributed by atoms with Gasteiger partial charge in [-0.05, 0) is 19.8 Å². The number of rotatable bonds is 7. The molecule has 0 rings (SSSR count). The van der Waals surface area contributed by atoms with Gasteiger partial charge in [-0.3, -0.25) is 0 Å². The van der Waals surface area contributed by atoms with Crippen molar-refractivity contribution in [1.29, 1.82) is 0 Å². The first-order valence-electron chi connectivity index (χ1n) is 7.92. The maximum absolute atomic E-state index is 3.69. The van der Waals surface area contributed by atoms with Gasteiger partial charge in [0.05, 0.1) is 0 Å². The maximum atomic E-state index is 3.69. The predicted octanol–water partition coefficient (Wildman–Crippen LogP) is 7.56. The van der Waals surface area contributed by atoms with Crippen LogP contribution in [-0.2, 0) is 0 Å². The summed E-state index contributed by atoms with van der Waals surface area (Å²) in [5, 5.41) is 0. The van der Waals surface area contributed by atoms with Crippen LogP contribution in [0.4, 0.5) is 0 Å². The molecule has 0 aliphatic carbocycles. The molecular formula is C18H40. The lowest BCUT2D eigenvalue weighted by molar-refractivity contribution is 0.611. The second-order valence-electron chi connectivity index (χ2n) is 3.96. The molecule has 0 heterocycles. The van der Waals surface area contributed by atoms with Crippen LogP contribution in [0.15, 0.2) is 25.3 Å². The molecule has 112 valence electrons. The largest absolute Gasteiger partial charge is 0.103 e. The smallest absolute Gasteiger partial charge is 0.0353 e. The maximum Gasteiger partial charge on any atom is -0.0353 e. The van der Waals surface area contributed by atoms with Crippen LogP contribution in [0.1, 0.15) is 92.9 Å². The van der Waals surface area contributed by atoms with Gasteiger partial charge in [-0.25, -0.2) is 0 Å². The molecule has 0 N–H and O–H groups in total. The fourth-order valence-corrected chi connectivity index (χ4v) is 1.07. The van der Waals surface area contributed by atoms with E-state index in [-0.39, 0.29) is 0 Å². The Balaban J connectivity index is -0.000000102. The molecule has 0 heteroatoms. The Hall–Kier alpha value is -0.520. The van der Waals surface area contributed by atoms with E-state index in [4.69, 9.17) is 0 Å². The molecule has 0 fully saturated rings. The van der Waals surface area contributed by atoms with Gasteiger partial charge < -0.3 is 0 Å². The highest BCUT2D eigenvalue weighted by molar-refractivity contribution is 4.65. The van der Waals surface area contributed by atoms with Crippen LogP contribution in [0.3, 0.4) is 0 Å². The molecule has 0 amide bonds. The fraction of sp³-hybridized carbons (Fsp3) is 0.778. The molecule has 0 aromatic carbocycles. The van der Waals surface area contributed by atoms with E-state index in [1.54, 1.807) is 6.08 Å². The van der Waals surface area contributed by atoms with Gasteiger partial charge in [0.2, 0.25) is 0 Å². The quantitative estimate of drug-likeness (QED) is 0.325. The van der Waals surface area contributed by atoms with Gasteiger partial charge in [-0.1, -0.05) is 85.3 Å². The molecule has 0 saturated heterocycles. The van der Waals surface area contributed by atoms with Crippen LogP contribution in [0.5, 0.6) is 0 Å². The van der Waals surface area contributed by atoms with E-state index in [9.17, 15) is 0 Å². The zero-order valence-electron chi connectivity index (χ0n) is 14.2. The lowest BCUT2D eigenvalue weighted by Gasteiger charge is -1.96. The molecule has 0 aliphatic heterocycles. The summed E-state index contributed by atoms with van der Waals surface area (Å²) in [7, 11) is 0. The van der Waals surface area contributed by atoms with Crippen molar-refractivity contribution < 1.29 is 0 Å². The summed E-state index contributed by atoms with van der Waals surface area (Å²) in [6, 6.07) is 0. The monoisotopic (exact) mass is 256 g/mol. The second kappa shape index (κ2) is 43.9. The van der Waals surface area contributed by atoms with E-state index in [1.165, 1.54) is 51.4 Å². The molecule has 0 unspecified atom stereocenters. The highest BCUT2D eigenvalue weighted by Gasteiger charge is 1.86. The zero-order valence-corrected chi connectivity index (χ0v) is 14.2. The second-order valence-corrected chi connectivity index (χ2v) is 3.96. The molecule has 0 saturated carbocycles. The van der Waals surface area contributed by atoms with Crippen molar-refractivity contribution in [1.82, 2.24) is 0 Å². The van der Waals surface area contributed by atoms with E-state index in [2.05, 4.69) is 33.9 Å². The summed E-state index contributed by atoms with van der Waals surface area (Å²) in [5.41, 5.74) is 0. The summed E-state index contributed by atoms with van der Waals surface area (Å²) in [6.07, 6.45) is 14.6. The van der Waals surface area contributed by atoms with Gasteiger partial charge in [0.1, 0.15) is 0 Å². The molecule has 18 heavy (non-hydrogen) atoms. The predicted molar refractivity (Wildman–Crippen MR) is 91.4 cm³/mol. The van der Waals surface area contributed by atoms with Gasteiger partial charge in [0.15, 0.2) is 0 Å². The molecule has 0 atom stereocenters. The molecular weight excluding hydrogens is 216 g/mol. The third-order valence-electron chi connectivity index (χ3n) is 1.76. The van der Waals surface area contributed by atoms with E-state index in [0.717, 1.165) is 0 Å². The van der Waals surface area contributed by atoms with Gasteiger partial charge >= 0.3 is 0 Å². The Kier molecular flexibility index (Phi) is 63.8. The average molecular weight is 257 g/mol. The average Bonchev–Trinajstić information content (AvgIpc) is 2.38. The van der Waals surface area contributed by atoms with Crippen molar-refractivity contribution in [3.8, 4) is 0 Å². The van der Waals surface area contributed by atoms with Crippen molar-refractivity contribution >= 4 is 0 Å². The summed E-state index contributed by atoms with van der Waals surface area (Å²) < 4.78 is 0. The van der Waals surface area contributed by atoms with E-state index in [1.807, 2.05) is 26.8 Å². The summed E-state index contributed by atoms with van der Waals surface area (Å²) in [6.45, 7) is 19.4. The third kappa shape index (κ3) is 77.3. The van der Waals surface area contributed by atoms with Gasteiger partial charge in [-0.2, -0.15) is 0 Å². The number of hydrogen-bond acceptors (Lipinski definition) is 0. The minimum Gasteiger partial charge on any atom is -0.103 e. The minimum absolute atomic E-state index is 1.20. The molecule has 0 bridgehead atoms. The van der Waals surface area contributed by atoms with Crippen molar-refractivity contribution in [2.75, 3.05) is 0 Å². The van der Waals surface area contributed by atoms with E-state index < -0.39 is 0 Å². The number of unbranched alkanes of at least 4 members (excludes halogenated alkanes) is 6. The Morgan fingerprint density at radius 2 is 1.11 bits per heavy atom. The summed E-state index contributed by atoms with van der Waals surface area (Å²) in [4.78, 5) is 0. The van der Waals surface area contributed by atoms with Crippen LogP contribution in [0, 0.1) is 0 Å². The minimum atomic E-state index is 1.20. The van der Waals surface area contributed by atoms with Crippen LogP contribution in [0.25, 0.3) is 0 Å². The molecule has 0 aromatic heterocycles. The van der Waals surface area contributed by atoms with Crippen molar-refractivity contribution in [2.24, 2.45) is 0 Å². The highest BCUT2D eigenvalue weighted by Crippen LogP contribution is 2.06. The van der Waals surface area contributed by atoms with Crippen molar-refractivity contribution in [3.05, 3.63) is 25.3 Å². The van der Waals surface area contributed by atoms with Crippen LogP contribution in [0.2, 0.25) is 0 Å². The van der Waals surface area contributed by atoms with Crippen molar-refractivity contribution in [3.63, 3.8) is 0 Å². The Morgan fingerprint density at radius 1 is 0.778 bits per heavy atom.